The van der Waals surface area contributed by atoms with E-state index in [0.29, 0.717) is 13.0 Å². The highest BCUT2D eigenvalue weighted by Gasteiger charge is 2.07. The fourth-order valence-electron chi connectivity index (χ4n) is 0.656. The number of hydrogen-bond donors (Lipinski definition) is 1. The summed E-state index contributed by atoms with van der Waals surface area (Å²) in [6.45, 7) is 4.20. The predicted octanol–water partition coefficient (Wildman–Crippen LogP) is 0.441. The number of nitriles is 1. The van der Waals surface area contributed by atoms with E-state index in [1.807, 2.05) is 19.9 Å². The van der Waals surface area contributed by atoms with Crippen molar-refractivity contribution >= 4 is 5.91 Å². The molecule has 0 aromatic carbocycles. The Morgan fingerprint density at radius 3 is 2.75 bits per heavy atom. The van der Waals surface area contributed by atoms with Crippen LogP contribution in [-0.2, 0) is 9.53 Å². The second-order valence-electron chi connectivity index (χ2n) is 2.29. The molecular formula is C8H14N2O2. The molecule has 0 saturated carbocycles. The van der Waals surface area contributed by atoms with Gasteiger partial charge in [-0.2, -0.15) is 5.26 Å². The molecule has 1 N–H and O–H groups in total. The van der Waals surface area contributed by atoms with E-state index < -0.39 is 6.04 Å². The average molecular weight is 170 g/mol. The van der Waals surface area contributed by atoms with Crippen LogP contribution in [0.4, 0.5) is 0 Å². The van der Waals surface area contributed by atoms with Crippen molar-refractivity contribution in [3.63, 3.8) is 0 Å². The van der Waals surface area contributed by atoms with E-state index in [4.69, 9.17) is 10.00 Å². The van der Waals surface area contributed by atoms with Crippen molar-refractivity contribution in [3.8, 4) is 6.07 Å². The van der Waals surface area contributed by atoms with Crippen LogP contribution in [0.25, 0.3) is 0 Å². The fraction of sp³-hybridized carbons (Fsp3) is 0.750. The molecule has 0 rings (SSSR count). The highest BCUT2D eigenvalue weighted by atomic mass is 16.5. The number of ether oxygens (including phenoxy) is 1. The normalized spacial score (nSPS) is 11.8. The van der Waals surface area contributed by atoms with Gasteiger partial charge in [-0.1, -0.05) is 6.92 Å². The first-order chi connectivity index (χ1) is 5.74. The number of amides is 1. The van der Waals surface area contributed by atoms with E-state index in [0.717, 1.165) is 0 Å². The Morgan fingerprint density at radius 1 is 1.67 bits per heavy atom. The molecule has 0 radical (unpaired) electrons. The molecule has 1 unspecified atom stereocenters. The average Bonchev–Trinajstić information content (AvgIpc) is 2.10. The second kappa shape index (κ2) is 6.62. The summed E-state index contributed by atoms with van der Waals surface area (Å²) >= 11 is 0. The van der Waals surface area contributed by atoms with Gasteiger partial charge < -0.3 is 10.1 Å². The Kier molecular flexibility index (Phi) is 6.02. The molecule has 0 aliphatic rings. The Morgan fingerprint density at radius 2 is 2.33 bits per heavy atom. The zero-order valence-corrected chi connectivity index (χ0v) is 7.46. The van der Waals surface area contributed by atoms with Crippen molar-refractivity contribution in [2.24, 2.45) is 0 Å². The van der Waals surface area contributed by atoms with E-state index in [2.05, 4.69) is 5.32 Å². The first kappa shape index (κ1) is 10.9. The zero-order chi connectivity index (χ0) is 9.40. The number of nitrogens with one attached hydrogen (secondary N) is 1. The third-order valence-electron chi connectivity index (χ3n) is 1.34. The van der Waals surface area contributed by atoms with Crippen LogP contribution in [0.1, 0.15) is 20.3 Å². The lowest BCUT2D eigenvalue weighted by Crippen LogP contribution is -2.35. The summed E-state index contributed by atoms with van der Waals surface area (Å²) in [7, 11) is 0. The molecule has 0 aliphatic heterocycles. The molecule has 68 valence electrons. The highest BCUT2D eigenvalue weighted by molar-refractivity contribution is 5.77. The van der Waals surface area contributed by atoms with Crippen LogP contribution >= 0.6 is 0 Å². The van der Waals surface area contributed by atoms with E-state index in [-0.39, 0.29) is 12.5 Å². The summed E-state index contributed by atoms with van der Waals surface area (Å²) < 4.78 is 4.86. The molecule has 1 atom stereocenters. The van der Waals surface area contributed by atoms with Gasteiger partial charge in [-0.25, -0.2) is 0 Å². The maximum absolute atomic E-state index is 10.9. The lowest BCUT2D eigenvalue weighted by molar-refractivity contribution is -0.125. The van der Waals surface area contributed by atoms with E-state index in [1.165, 1.54) is 0 Å². The van der Waals surface area contributed by atoms with Gasteiger partial charge in [0.05, 0.1) is 6.07 Å². The van der Waals surface area contributed by atoms with Gasteiger partial charge >= 0.3 is 0 Å². The summed E-state index contributed by atoms with van der Waals surface area (Å²) in [5.41, 5.74) is 0. The summed E-state index contributed by atoms with van der Waals surface area (Å²) in [4.78, 5) is 10.9. The summed E-state index contributed by atoms with van der Waals surface area (Å²) in [5, 5.41) is 11.0. The van der Waals surface area contributed by atoms with Crippen molar-refractivity contribution < 1.29 is 9.53 Å². The van der Waals surface area contributed by atoms with Gasteiger partial charge in [0, 0.05) is 6.61 Å². The maximum atomic E-state index is 10.9. The Bertz CT molecular complexity index is 174. The SMILES string of the molecule is CCOCC(=O)NC(C#N)CC. The number of carbonyl (C=O) groups is 1. The molecule has 4 nitrogen and oxygen atoms in total. The highest BCUT2D eigenvalue weighted by Crippen LogP contribution is 1.87. The number of rotatable bonds is 5. The summed E-state index contributed by atoms with van der Waals surface area (Å²) in [6.07, 6.45) is 0.619. The van der Waals surface area contributed by atoms with Crippen LogP contribution in [0, 0.1) is 11.3 Å². The topological polar surface area (TPSA) is 62.1 Å². The molecule has 12 heavy (non-hydrogen) atoms. The third kappa shape index (κ3) is 4.69. The molecule has 0 bridgehead atoms. The summed E-state index contributed by atoms with van der Waals surface area (Å²) in [5.74, 6) is -0.231. The largest absolute Gasteiger partial charge is 0.372 e. The van der Waals surface area contributed by atoms with Gasteiger partial charge in [-0.05, 0) is 13.3 Å². The molecule has 0 spiro atoms. The number of carbonyl (C=O) groups excluding carboxylic acids is 1. The summed E-state index contributed by atoms with van der Waals surface area (Å²) in [6, 6.07) is 1.58. The van der Waals surface area contributed by atoms with Gasteiger partial charge in [0.25, 0.3) is 0 Å². The van der Waals surface area contributed by atoms with Gasteiger partial charge in [-0.15, -0.1) is 0 Å². The molecule has 0 aliphatic carbocycles. The molecular weight excluding hydrogens is 156 g/mol. The Hall–Kier alpha value is -1.08. The van der Waals surface area contributed by atoms with E-state index in [1.54, 1.807) is 0 Å². The quantitative estimate of drug-likeness (QED) is 0.651. The van der Waals surface area contributed by atoms with Crippen LogP contribution in [-0.4, -0.2) is 25.2 Å². The van der Waals surface area contributed by atoms with Crippen molar-refractivity contribution in [1.82, 2.24) is 5.32 Å². The van der Waals surface area contributed by atoms with Gasteiger partial charge in [0.2, 0.25) is 5.91 Å². The molecule has 0 aromatic heterocycles. The lowest BCUT2D eigenvalue weighted by Gasteiger charge is -2.08. The third-order valence-corrected chi connectivity index (χ3v) is 1.34. The van der Waals surface area contributed by atoms with Crippen LogP contribution in [0.2, 0.25) is 0 Å². The predicted molar refractivity (Wildman–Crippen MR) is 44.3 cm³/mol. The standard InChI is InChI=1S/C8H14N2O2/c1-3-7(5-9)10-8(11)6-12-4-2/h7H,3-4,6H2,1-2H3,(H,10,11). The van der Waals surface area contributed by atoms with Crippen molar-refractivity contribution in [2.75, 3.05) is 13.2 Å². The van der Waals surface area contributed by atoms with E-state index in [9.17, 15) is 4.79 Å². The molecule has 1 amide bonds. The zero-order valence-electron chi connectivity index (χ0n) is 7.46. The van der Waals surface area contributed by atoms with Gasteiger partial charge in [-0.3, -0.25) is 4.79 Å². The molecule has 0 fully saturated rings. The van der Waals surface area contributed by atoms with Crippen LogP contribution in [0.3, 0.4) is 0 Å². The van der Waals surface area contributed by atoms with Gasteiger partial charge in [0.15, 0.2) is 0 Å². The fourth-order valence-corrected chi connectivity index (χ4v) is 0.656. The molecule has 0 aromatic rings. The molecule has 4 heteroatoms. The van der Waals surface area contributed by atoms with Crippen LogP contribution < -0.4 is 5.32 Å². The van der Waals surface area contributed by atoms with Crippen LogP contribution in [0.5, 0.6) is 0 Å². The first-order valence-electron chi connectivity index (χ1n) is 4.01. The Labute approximate surface area is 72.5 Å². The molecule has 0 heterocycles. The number of nitrogens with zero attached hydrogens (tertiary/aromatic N) is 1. The maximum Gasteiger partial charge on any atom is 0.247 e. The van der Waals surface area contributed by atoms with Gasteiger partial charge in [0.1, 0.15) is 12.6 Å². The van der Waals surface area contributed by atoms with Crippen molar-refractivity contribution in [2.45, 2.75) is 26.3 Å². The minimum atomic E-state index is -0.391. The minimum absolute atomic E-state index is 0.0364. The molecule has 0 saturated heterocycles. The van der Waals surface area contributed by atoms with Crippen LogP contribution in [0.15, 0.2) is 0 Å². The monoisotopic (exact) mass is 170 g/mol. The number of hydrogen-bond acceptors (Lipinski definition) is 3. The second-order valence-corrected chi connectivity index (χ2v) is 2.29. The van der Waals surface area contributed by atoms with Crippen molar-refractivity contribution in [3.05, 3.63) is 0 Å². The first-order valence-corrected chi connectivity index (χ1v) is 4.01. The Balaban J connectivity index is 3.61. The lowest BCUT2D eigenvalue weighted by atomic mass is 10.2. The van der Waals surface area contributed by atoms with E-state index >= 15 is 0 Å². The van der Waals surface area contributed by atoms with Crippen molar-refractivity contribution in [1.29, 1.82) is 5.26 Å². The smallest absolute Gasteiger partial charge is 0.247 e. The minimum Gasteiger partial charge on any atom is -0.372 e.